The SMILES string of the molecule is CC(C)(C)c1cc(-c2ccccc2)ccc1OP(Oc1ccc(-c2ccccc2)cc1C(C)(C)C)Oc1ccc(-c2ccccc2)cc1C(C)(C)C. The zero-order valence-electron chi connectivity index (χ0n) is 32.0. The standard InChI is InChI=1S/C48H51O3P/c1-46(2,3)40-31-37(34-19-13-10-14-20-34)25-28-43(40)49-52(50-44-29-26-38(32-41(44)47(4,5)6)35-21-15-11-16-22-35)51-45-30-27-39(33-42(45)48(7,8)9)36-23-17-12-18-24-36/h10-33H,1-9H3. The third-order valence-corrected chi connectivity index (χ3v) is 10.2. The van der Waals surface area contributed by atoms with E-state index < -0.39 is 8.60 Å². The molecule has 0 amide bonds. The Bertz CT molecular complexity index is 1860. The normalized spacial score (nSPS) is 12.1. The first kappa shape index (κ1) is 36.9. The van der Waals surface area contributed by atoms with Crippen molar-refractivity contribution < 1.29 is 13.6 Å². The molecule has 6 aromatic carbocycles. The van der Waals surface area contributed by atoms with Gasteiger partial charge < -0.3 is 13.6 Å². The highest BCUT2D eigenvalue weighted by Gasteiger charge is 2.31. The molecule has 0 spiro atoms. The molecule has 0 atom stereocenters. The average Bonchev–Trinajstić information content (AvgIpc) is 3.12. The van der Waals surface area contributed by atoms with Gasteiger partial charge >= 0.3 is 8.60 Å². The molecule has 0 aliphatic heterocycles. The Morgan fingerprint density at radius 1 is 0.308 bits per heavy atom. The van der Waals surface area contributed by atoms with Crippen LogP contribution < -0.4 is 13.6 Å². The Morgan fingerprint density at radius 2 is 0.558 bits per heavy atom. The molecule has 0 unspecified atom stereocenters. The van der Waals surface area contributed by atoms with Gasteiger partial charge in [0.05, 0.1) is 0 Å². The molecule has 0 N–H and O–H groups in total. The van der Waals surface area contributed by atoms with Crippen LogP contribution in [0.4, 0.5) is 0 Å². The van der Waals surface area contributed by atoms with Crippen molar-refractivity contribution >= 4 is 8.60 Å². The highest BCUT2D eigenvalue weighted by Crippen LogP contribution is 2.50. The lowest BCUT2D eigenvalue weighted by Crippen LogP contribution is -2.17. The molecule has 0 radical (unpaired) electrons. The smallest absolute Gasteiger partial charge is 0.408 e. The van der Waals surface area contributed by atoms with E-state index in [9.17, 15) is 0 Å². The summed E-state index contributed by atoms with van der Waals surface area (Å²) in [7, 11) is -1.97. The van der Waals surface area contributed by atoms with Gasteiger partial charge in [0.2, 0.25) is 0 Å². The number of rotatable bonds is 9. The highest BCUT2D eigenvalue weighted by atomic mass is 31.2. The second kappa shape index (κ2) is 15.0. The molecule has 0 saturated carbocycles. The van der Waals surface area contributed by atoms with Gasteiger partial charge in [0.15, 0.2) is 0 Å². The lowest BCUT2D eigenvalue weighted by atomic mass is 9.84. The average molecular weight is 707 g/mol. The fourth-order valence-electron chi connectivity index (χ4n) is 6.31. The third-order valence-electron chi connectivity index (χ3n) is 9.20. The first-order valence-corrected chi connectivity index (χ1v) is 19.2. The van der Waals surface area contributed by atoms with E-state index in [1.54, 1.807) is 0 Å². The summed E-state index contributed by atoms with van der Waals surface area (Å²) in [5.41, 5.74) is 9.54. The van der Waals surface area contributed by atoms with Gasteiger partial charge in [-0.2, -0.15) is 0 Å². The van der Waals surface area contributed by atoms with Crippen molar-refractivity contribution in [1.82, 2.24) is 0 Å². The van der Waals surface area contributed by atoms with Gasteiger partial charge in [-0.15, -0.1) is 0 Å². The topological polar surface area (TPSA) is 27.7 Å². The summed E-state index contributed by atoms with van der Waals surface area (Å²) in [6, 6.07) is 50.7. The first-order chi connectivity index (χ1) is 24.7. The zero-order chi connectivity index (χ0) is 37.1. The molecule has 0 aliphatic carbocycles. The van der Waals surface area contributed by atoms with Gasteiger partial charge in [0.25, 0.3) is 0 Å². The van der Waals surface area contributed by atoms with Crippen molar-refractivity contribution in [2.75, 3.05) is 0 Å². The van der Waals surface area contributed by atoms with E-state index >= 15 is 0 Å². The lowest BCUT2D eigenvalue weighted by molar-refractivity contribution is 0.372. The third kappa shape index (κ3) is 8.77. The minimum Gasteiger partial charge on any atom is -0.408 e. The van der Waals surface area contributed by atoms with Crippen molar-refractivity contribution in [3.05, 3.63) is 162 Å². The Kier molecular flexibility index (Phi) is 10.7. The molecular weight excluding hydrogens is 655 g/mol. The Balaban J connectivity index is 1.45. The lowest BCUT2D eigenvalue weighted by Gasteiger charge is -2.29. The molecule has 0 bridgehead atoms. The van der Waals surface area contributed by atoms with Gasteiger partial charge in [-0.1, -0.05) is 172 Å². The van der Waals surface area contributed by atoms with Crippen molar-refractivity contribution in [1.29, 1.82) is 0 Å². The molecule has 3 nitrogen and oxygen atoms in total. The van der Waals surface area contributed by atoms with E-state index in [4.69, 9.17) is 13.6 Å². The van der Waals surface area contributed by atoms with Crippen LogP contribution in [0.1, 0.15) is 79.0 Å². The summed E-state index contributed by atoms with van der Waals surface area (Å²) < 4.78 is 20.9. The Hall–Kier alpha value is -4.85. The molecule has 266 valence electrons. The van der Waals surface area contributed by atoms with Crippen LogP contribution >= 0.6 is 8.60 Å². The number of benzene rings is 6. The maximum atomic E-state index is 6.96. The Labute approximate surface area is 312 Å². The van der Waals surface area contributed by atoms with Crippen molar-refractivity contribution in [2.24, 2.45) is 0 Å². The van der Waals surface area contributed by atoms with Gasteiger partial charge in [-0.05, 0) is 86.0 Å². The van der Waals surface area contributed by atoms with E-state index in [0.29, 0.717) is 0 Å². The molecule has 0 saturated heterocycles. The summed E-state index contributed by atoms with van der Waals surface area (Å²) >= 11 is 0. The molecule has 0 aromatic heterocycles. The van der Waals surface area contributed by atoms with Crippen LogP contribution in [0.2, 0.25) is 0 Å². The monoisotopic (exact) mass is 706 g/mol. The maximum absolute atomic E-state index is 6.96. The quantitative estimate of drug-likeness (QED) is 0.140. The second-order valence-corrected chi connectivity index (χ2v) is 17.5. The largest absolute Gasteiger partial charge is 0.530 e. The van der Waals surface area contributed by atoms with E-state index in [1.807, 2.05) is 18.2 Å². The second-order valence-electron chi connectivity index (χ2n) is 16.5. The van der Waals surface area contributed by atoms with E-state index in [0.717, 1.165) is 67.3 Å². The zero-order valence-corrected chi connectivity index (χ0v) is 32.9. The summed E-state index contributed by atoms with van der Waals surface area (Å²) in [5, 5.41) is 0. The van der Waals surface area contributed by atoms with Crippen LogP contribution in [0.15, 0.2) is 146 Å². The number of hydrogen-bond acceptors (Lipinski definition) is 3. The Morgan fingerprint density at radius 3 is 0.788 bits per heavy atom. The summed E-state index contributed by atoms with van der Waals surface area (Å²) in [6.07, 6.45) is 0. The van der Waals surface area contributed by atoms with Crippen LogP contribution in [0, 0.1) is 0 Å². The van der Waals surface area contributed by atoms with Gasteiger partial charge in [-0.25, -0.2) is 0 Å². The predicted molar refractivity (Wildman–Crippen MR) is 221 cm³/mol. The van der Waals surface area contributed by atoms with Crippen LogP contribution in [0.3, 0.4) is 0 Å². The van der Waals surface area contributed by atoms with Gasteiger partial charge in [0.1, 0.15) is 17.2 Å². The van der Waals surface area contributed by atoms with Gasteiger partial charge in [-0.3, -0.25) is 0 Å². The molecule has 4 heteroatoms. The minimum absolute atomic E-state index is 0.205. The molecule has 6 rings (SSSR count). The summed E-state index contributed by atoms with van der Waals surface area (Å²) in [5.74, 6) is 2.24. The fourth-order valence-corrected chi connectivity index (χ4v) is 7.39. The molecule has 0 aliphatic rings. The summed E-state index contributed by atoms with van der Waals surface area (Å²) in [4.78, 5) is 0. The van der Waals surface area contributed by atoms with Crippen LogP contribution in [0.25, 0.3) is 33.4 Å². The van der Waals surface area contributed by atoms with Crippen molar-refractivity contribution in [3.8, 4) is 50.6 Å². The summed E-state index contributed by atoms with van der Waals surface area (Å²) in [6.45, 7) is 19.9. The van der Waals surface area contributed by atoms with Gasteiger partial charge in [0, 0.05) is 16.7 Å². The molecule has 0 fully saturated rings. The molecular formula is C48H51O3P. The molecule has 0 heterocycles. The van der Waals surface area contributed by atoms with E-state index in [-0.39, 0.29) is 16.2 Å². The number of hydrogen-bond donors (Lipinski definition) is 0. The van der Waals surface area contributed by atoms with Crippen LogP contribution in [-0.2, 0) is 16.2 Å². The van der Waals surface area contributed by atoms with Crippen molar-refractivity contribution in [3.63, 3.8) is 0 Å². The maximum Gasteiger partial charge on any atom is 0.530 e. The van der Waals surface area contributed by atoms with Crippen LogP contribution in [-0.4, -0.2) is 0 Å². The van der Waals surface area contributed by atoms with E-state index in [2.05, 4.69) is 190 Å². The van der Waals surface area contributed by atoms with Crippen LogP contribution in [0.5, 0.6) is 17.2 Å². The fraction of sp³-hybridized carbons (Fsp3) is 0.250. The minimum atomic E-state index is -1.97. The highest BCUT2D eigenvalue weighted by molar-refractivity contribution is 7.43. The first-order valence-electron chi connectivity index (χ1n) is 18.1. The molecule has 52 heavy (non-hydrogen) atoms. The molecule has 6 aromatic rings. The predicted octanol–water partition coefficient (Wildman–Crippen LogP) is 14.3. The van der Waals surface area contributed by atoms with Crippen molar-refractivity contribution in [2.45, 2.75) is 78.6 Å². The van der Waals surface area contributed by atoms with E-state index in [1.165, 1.54) is 0 Å².